The molecule has 0 heterocycles. The van der Waals surface area contributed by atoms with Crippen LogP contribution in [0.25, 0.3) is 0 Å². The van der Waals surface area contributed by atoms with Crippen LogP contribution in [-0.4, -0.2) is 60.3 Å². The van der Waals surface area contributed by atoms with E-state index in [1.165, 1.54) is 6.92 Å². The second-order valence-electron chi connectivity index (χ2n) is 5.64. The Labute approximate surface area is 123 Å². The van der Waals surface area contributed by atoms with E-state index < -0.39 is 41.8 Å². The fraction of sp³-hybridized carbons (Fsp3) is 0.786. The van der Waals surface area contributed by atoms with E-state index in [0.717, 1.165) is 7.11 Å². The summed E-state index contributed by atoms with van der Waals surface area (Å²) in [5.41, 5.74) is -3.33. The quantitative estimate of drug-likeness (QED) is 0.391. The van der Waals surface area contributed by atoms with Crippen molar-refractivity contribution in [2.75, 3.05) is 26.9 Å². The second-order valence-corrected chi connectivity index (χ2v) is 5.64. The minimum absolute atomic E-state index is 0.0514. The predicted molar refractivity (Wildman–Crippen MR) is 71.5 cm³/mol. The zero-order valence-corrected chi connectivity index (χ0v) is 12.4. The molecule has 0 bridgehead atoms. The number of rotatable bonds is 6. The minimum Gasteiger partial charge on any atom is -0.466 e. The number of aliphatic hydroxyl groups excluding tert-OH is 2. The molecule has 7 nitrogen and oxygen atoms in total. The topological polar surface area (TPSA) is 110 Å². The van der Waals surface area contributed by atoms with Gasteiger partial charge in [-0.1, -0.05) is 6.92 Å². The maximum Gasteiger partial charge on any atom is 0.353 e. The van der Waals surface area contributed by atoms with E-state index in [2.05, 4.69) is 4.74 Å². The fourth-order valence-electron chi connectivity index (χ4n) is 2.09. The van der Waals surface area contributed by atoms with Gasteiger partial charge in [0.2, 0.25) is 0 Å². The van der Waals surface area contributed by atoms with E-state index in [1.54, 1.807) is 0 Å². The van der Waals surface area contributed by atoms with Crippen molar-refractivity contribution < 1.29 is 34.1 Å². The zero-order valence-electron chi connectivity index (χ0n) is 12.4. The number of methoxy groups -OCH3 is 1. The maximum atomic E-state index is 12.3. The van der Waals surface area contributed by atoms with Crippen molar-refractivity contribution in [3.63, 3.8) is 0 Å². The van der Waals surface area contributed by atoms with E-state index in [1.807, 2.05) is 0 Å². The zero-order chi connectivity index (χ0) is 16.1. The summed E-state index contributed by atoms with van der Waals surface area (Å²) in [4.78, 5) is 36.6. The molecule has 1 aliphatic rings. The number of esters is 1. The Kier molecular flexibility index (Phi) is 6.00. The first-order chi connectivity index (χ1) is 9.86. The highest BCUT2D eigenvalue weighted by molar-refractivity contribution is 6.26. The van der Waals surface area contributed by atoms with Crippen LogP contribution in [-0.2, 0) is 23.9 Å². The lowest BCUT2D eigenvalue weighted by atomic mass is 9.89. The third kappa shape index (κ3) is 3.48. The van der Waals surface area contributed by atoms with E-state index in [0.29, 0.717) is 12.8 Å². The van der Waals surface area contributed by atoms with Gasteiger partial charge in [0, 0.05) is 18.3 Å². The van der Waals surface area contributed by atoms with Gasteiger partial charge in [-0.15, -0.1) is 0 Å². The molecular weight excluding hydrogens is 280 g/mol. The Morgan fingerprint density at radius 3 is 2.05 bits per heavy atom. The molecule has 1 rings (SSSR count). The second kappa shape index (κ2) is 7.11. The number of Topliss-reactive ketones (excluding diaryl/α,β-unsaturated/α-hetero) is 2. The molecule has 2 N–H and O–H groups in total. The van der Waals surface area contributed by atoms with Crippen molar-refractivity contribution in [3.8, 4) is 0 Å². The summed E-state index contributed by atoms with van der Waals surface area (Å²) in [5.74, 6) is -2.30. The third-order valence-electron chi connectivity index (χ3n) is 3.72. The first kappa shape index (κ1) is 17.7. The molecule has 1 saturated carbocycles. The van der Waals surface area contributed by atoms with Gasteiger partial charge in [-0.25, -0.2) is 4.79 Å². The van der Waals surface area contributed by atoms with Gasteiger partial charge in [0.05, 0.1) is 26.9 Å². The van der Waals surface area contributed by atoms with Gasteiger partial charge in [0.15, 0.2) is 11.6 Å². The van der Waals surface area contributed by atoms with Gasteiger partial charge in [-0.05, 0) is 12.8 Å². The Morgan fingerprint density at radius 1 is 1.19 bits per heavy atom. The van der Waals surface area contributed by atoms with E-state index >= 15 is 0 Å². The van der Waals surface area contributed by atoms with Crippen LogP contribution >= 0.6 is 0 Å². The molecule has 0 saturated heterocycles. The van der Waals surface area contributed by atoms with Gasteiger partial charge in [0.25, 0.3) is 5.60 Å². The minimum atomic E-state index is -2.27. The summed E-state index contributed by atoms with van der Waals surface area (Å²) in [6.45, 7) is 0.377. The average molecular weight is 302 g/mol. The highest BCUT2D eigenvalue weighted by atomic mass is 16.6. The Balaban J connectivity index is 3.11. The highest BCUT2D eigenvalue weighted by Crippen LogP contribution is 2.29. The van der Waals surface area contributed by atoms with Crippen LogP contribution in [0.2, 0.25) is 0 Å². The van der Waals surface area contributed by atoms with Crippen molar-refractivity contribution in [1.82, 2.24) is 0 Å². The molecule has 21 heavy (non-hydrogen) atoms. The molecule has 0 aromatic rings. The number of aliphatic hydroxyl groups is 2. The molecule has 1 aliphatic carbocycles. The normalized spacial score (nSPS) is 19.2. The van der Waals surface area contributed by atoms with Crippen LogP contribution in [0.1, 0.15) is 32.6 Å². The van der Waals surface area contributed by atoms with Crippen molar-refractivity contribution in [1.29, 1.82) is 0 Å². The van der Waals surface area contributed by atoms with Crippen LogP contribution in [0, 0.1) is 5.41 Å². The summed E-state index contributed by atoms with van der Waals surface area (Å²) < 4.78 is 9.97. The van der Waals surface area contributed by atoms with Gasteiger partial charge < -0.3 is 19.7 Å². The lowest BCUT2D eigenvalue weighted by Crippen LogP contribution is -2.57. The van der Waals surface area contributed by atoms with Crippen molar-refractivity contribution in [3.05, 3.63) is 0 Å². The van der Waals surface area contributed by atoms with E-state index in [-0.39, 0.29) is 19.4 Å². The SMILES string of the molecule is COC(=O)C1(OCC(C)(CO)CO)C(=O)CCCCC1=O. The summed E-state index contributed by atoms with van der Waals surface area (Å²) >= 11 is 0. The van der Waals surface area contributed by atoms with Crippen LogP contribution in [0.3, 0.4) is 0 Å². The van der Waals surface area contributed by atoms with Gasteiger partial charge in [0.1, 0.15) is 0 Å². The molecule has 0 unspecified atom stereocenters. The molecule has 0 aliphatic heterocycles. The van der Waals surface area contributed by atoms with Crippen LogP contribution < -0.4 is 0 Å². The molecule has 0 aromatic carbocycles. The monoisotopic (exact) mass is 302 g/mol. The predicted octanol–water partition coefficient (Wildman–Crippen LogP) is -0.382. The van der Waals surface area contributed by atoms with Crippen LogP contribution in [0.4, 0.5) is 0 Å². The molecule has 0 amide bonds. The molecule has 1 fully saturated rings. The number of ether oxygens (including phenoxy) is 2. The van der Waals surface area contributed by atoms with E-state index in [9.17, 15) is 24.6 Å². The van der Waals surface area contributed by atoms with E-state index in [4.69, 9.17) is 4.74 Å². The summed E-state index contributed by atoms with van der Waals surface area (Å²) in [6, 6.07) is 0. The van der Waals surface area contributed by atoms with Crippen molar-refractivity contribution in [2.45, 2.75) is 38.2 Å². The van der Waals surface area contributed by atoms with Crippen molar-refractivity contribution >= 4 is 17.5 Å². The Bertz CT molecular complexity index is 394. The van der Waals surface area contributed by atoms with Gasteiger partial charge in [-0.3, -0.25) is 9.59 Å². The highest BCUT2D eigenvalue weighted by Gasteiger charge is 2.55. The molecule has 0 aromatic heterocycles. The summed E-state index contributed by atoms with van der Waals surface area (Å²) in [7, 11) is 1.08. The first-order valence-electron chi connectivity index (χ1n) is 6.87. The van der Waals surface area contributed by atoms with Gasteiger partial charge in [-0.2, -0.15) is 0 Å². The number of ketones is 2. The number of carbonyl (C=O) groups is 3. The van der Waals surface area contributed by atoms with Crippen molar-refractivity contribution in [2.24, 2.45) is 5.41 Å². The number of hydrogen-bond donors (Lipinski definition) is 2. The standard InChI is InChI=1S/C14H22O7/c1-13(7-15,8-16)9-21-14(12(19)20-2)10(17)5-3-4-6-11(14)18/h15-16H,3-9H2,1-2H3. The number of carbonyl (C=O) groups excluding carboxylic acids is 3. The number of hydrogen-bond acceptors (Lipinski definition) is 7. The maximum absolute atomic E-state index is 12.3. The first-order valence-corrected chi connectivity index (χ1v) is 6.87. The largest absolute Gasteiger partial charge is 0.466 e. The molecular formula is C14H22O7. The molecule has 120 valence electrons. The molecule has 0 atom stereocenters. The fourth-order valence-corrected chi connectivity index (χ4v) is 2.09. The summed E-state index contributed by atoms with van der Waals surface area (Å²) in [5, 5.41) is 18.5. The Morgan fingerprint density at radius 2 is 1.67 bits per heavy atom. The molecule has 0 spiro atoms. The third-order valence-corrected chi connectivity index (χ3v) is 3.72. The molecule has 7 heteroatoms. The van der Waals surface area contributed by atoms with Gasteiger partial charge >= 0.3 is 5.97 Å². The lowest BCUT2D eigenvalue weighted by molar-refractivity contribution is -0.184. The van der Waals surface area contributed by atoms with Crippen LogP contribution in [0.15, 0.2) is 0 Å². The average Bonchev–Trinajstić information content (AvgIpc) is 2.64. The Hall–Kier alpha value is -1.31. The lowest BCUT2D eigenvalue weighted by Gasteiger charge is -2.32. The summed E-state index contributed by atoms with van der Waals surface area (Å²) in [6.07, 6.45) is 1.11. The van der Waals surface area contributed by atoms with Crippen LogP contribution in [0.5, 0.6) is 0 Å². The smallest absolute Gasteiger partial charge is 0.353 e. The molecule has 0 radical (unpaired) electrons.